The van der Waals surface area contributed by atoms with Gasteiger partial charge in [-0.1, -0.05) is 30.3 Å². The summed E-state index contributed by atoms with van der Waals surface area (Å²) in [5.41, 5.74) is 1.29. The maximum absolute atomic E-state index is 11.0. The Morgan fingerprint density at radius 3 is 2.50 bits per heavy atom. The van der Waals surface area contributed by atoms with Gasteiger partial charge in [-0.2, -0.15) is 0 Å². The first kappa shape index (κ1) is 10.2. The fourth-order valence-electron chi connectivity index (χ4n) is 0.995. The van der Waals surface area contributed by atoms with Crippen LogP contribution < -0.4 is 0 Å². The number of ether oxygens (including phenoxy) is 1. The molecule has 72 valence electrons. The van der Waals surface area contributed by atoms with E-state index in [4.69, 9.17) is 0 Å². The zero-order valence-corrected chi connectivity index (χ0v) is 7.77. The minimum Gasteiger partial charge on any atom is -0.392 e. The molecule has 3 nitrogen and oxygen atoms in total. The minimum absolute atomic E-state index is 0.130. The second-order valence-corrected chi connectivity index (χ2v) is 2.74. The highest BCUT2D eigenvalue weighted by Crippen LogP contribution is 2.06. The molecule has 0 aromatic heterocycles. The van der Waals surface area contributed by atoms with Crippen molar-refractivity contribution in [3.63, 3.8) is 0 Å². The fraction of sp³-hybridized carbons (Fsp3) is 0.0909. The lowest BCUT2D eigenvalue weighted by Gasteiger charge is -1.97. The molecule has 0 amide bonds. The standard InChI is InChI=1S/C11H10O3/c1-9(11(13)14-8-12)7-10-5-3-2-4-6-10/h2-8H,1H3. The number of benzene rings is 1. The fourth-order valence-corrected chi connectivity index (χ4v) is 0.995. The van der Waals surface area contributed by atoms with Crippen molar-refractivity contribution in [1.29, 1.82) is 0 Å². The normalized spacial score (nSPS) is 10.8. The number of hydrogen-bond acceptors (Lipinski definition) is 3. The third-order valence-corrected chi connectivity index (χ3v) is 1.66. The Bertz CT molecular complexity index is 352. The zero-order chi connectivity index (χ0) is 10.4. The summed E-state index contributed by atoms with van der Waals surface area (Å²) in [5.74, 6) is -0.621. The SMILES string of the molecule is CC(=Cc1ccccc1)C(=O)OC=O. The molecule has 1 aromatic carbocycles. The quantitative estimate of drug-likeness (QED) is 0.316. The first-order valence-electron chi connectivity index (χ1n) is 4.12. The summed E-state index contributed by atoms with van der Waals surface area (Å²) >= 11 is 0. The van der Waals surface area contributed by atoms with Crippen LogP contribution in [0, 0.1) is 0 Å². The highest BCUT2D eigenvalue weighted by atomic mass is 16.6. The largest absolute Gasteiger partial charge is 0.392 e. The van der Waals surface area contributed by atoms with Gasteiger partial charge in [0.15, 0.2) is 0 Å². The van der Waals surface area contributed by atoms with Gasteiger partial charge in [0, 0.05) is 5.57 Å². The van der Waals surface area contributed by atoms with E-state index in [1.165, 1.54) is 0 Å². The molecule has 0 atom stereocenters. The molecule has 14 heavy (non-hydrogen) atoms. The van der Waals surface area contributed by atoms with E-state index in [0.717, 1.165) is 5.56 Å². The van der Waals surface area contributed by atoms with Gasteiger partial charge >= 0.3 is 12.4 Å². The van der Waals surface area contributed by atoms with Gasteiger partial charge in [-0.25, -0.2) is 4.79 Å². The van der Waals surface area contributed by atoms with E-state index in [1.54, 1.807) is 13.0 Å². The van der Waals surface area contributed by atoms with Crippen molar-refractivity contribution in [3.05, 3.63) is 41.5 Å². The minimum atomic E-state index is -0.621. The maximum Gasteiger partial charge on any atom is 0.341 e. The molecule has 0 bridgehead atoms. The average Bonchev–Trinajstić information content (AvgIpc) is 2.19. The summed E-state index contributed by atoms with van der Waals surface area (Å²) in [5, 5.41) is 0. The third kappa shape index (κ3) is 2.86. The Morgan fingerprint density at radius 1 is 1.29 bits per heavy atom. The molecule has 1 rings (SSSR count). The predicted octanol–water partition coefficient (Wildman–Crippen LogP) is 1.79. The Labute approximate surface area is 82.0 Å². The van der Waals surface area contributed by atoms with Crippen LogP contribution in [0.25, 0.3) is 6.08 Å². The summed E-state index contributed by atoms with van der Waals surface area (Å²) in [6.07, 6.45) is 1.66. The molecule has 3 heteroatoms. The molecule has 0 saturated heterocycles. The van der Waals surface area contributed by atoms with Crippen molar-refractivity contribution >= 4 is 18.5 Å². The summed E-state index contributed by atoms with van der Waals surface area (Å²) in [6, 6.07) is 9.33. The molecule has 0 aliphatic rings. The van der Waals surface area contributed by atoms with Crippen LogP contribution in [0.15, 0.2) is 35.9 Å². The average molecular weight is 190 g/mol. The molecule has 0 aliphatic heterocycles. The number of carbonyl (C=O) groups excluding carboxylic acids is 2. The number of carbonyl (C=O) groups is 2. The maximum atomic E-state index is 11.0. The highest BCUT2D eigenvalue weighted by molar-refractivity contribution is 5.95. The second kappa shape index (κ2) is 4.97. The second-order valence-electron chi connectivity index (χ2n) is 2.74. The van der Waals surface area contributed by atoms with E-state index in [2.05, 4.69) is 4.74 Å². The molecule has 0 heterocycles. The van der Waals surface area contributed by atoms with Gasteiger partial charge < -0.3 is 4.74 Å². The number of rotatable bonds is 3. The van der Waals surface area contributed by atoms with Crippen molar-refractivity contribution in [2.45, 2.75) is 6.92 Å². The van der Waals surface area contributed by atoms with Gasteiger partial charge in [-0.3, -0.25) is 4.79 Å². The lowest BCUT2D eigenvalue weighted by atomic mass is 10.1. The van der Waals surface area contributed by atoms with Crippen molar-refractivity contribution < 1.29 is 14.3 Å². The highest BCUT2D eigenvalue weighted by Gasteiger charge is 2.03. The Hall–Kier alpha value is -1.90. The van der Waals surface area contributed by atoms with Crippen molar-refractivity contribution in [1.82, 2.24) is 0 Å². The van der Waals surface area contributed by atoms with Crippen LogP contribution >= 0.6 is 0 Å². The number of hydrogen-bond donors (Lipinski definition) is 0. The van der Waals surface area contributed by atoms with Crippen molar-refractivity contribution in [2.75, 3.05) is 0 Å². The van der Waals surface area contributed by atoms with Crippen LogP contribution in [-0.2, 0) is 14.3 Å². The van der Waals surface area contributed by atoms with Gasteiger partial charge in [-0.15, -0.1) is 0 Å². The summed E-state index contributed by atoms with van der Waals surface area (Å²) in [6.45, 7) is 1.73. The molecular weight excluding hydrogens is 180 g/mol. The summed E-state index contributed by atoms with van der Waals surface area (Å²) in [4.78, 5) is 20.9. The van der Waals surface area contributed by atoms with Gasteiger partial charge in [0.2, 0.25) is 0 Å². The number of esters is 1. The molecule has 0 radical (unpaired) electrons. The first-order chi connectivity index (χ1) is 6.74. The van der Waals surface area contributed by atoms with Crippen molar-refractivity contribution in [2.24, 2.45) is 0 Å². The van der Waals surface area contributed by atoms with Crippen LogP contribution in [0.4, 0.5) is 0 Å². The molecule has 0 aliphatic carbocycles. The summed E-state index contributed by atoms with van der Waals surface area (Å²) < 4.78 is 4.19. The van der Waals surface area contributed by atoms with E-state index >= 15 is 0 Å². The van der Waals surface area contributed by atoms with Crippen LogP contribution in [-0.4, -0.2) is 12.4 Å². The molecule has 1 aromatic rings. The van der Waals surface area contributed by atoms with Crippen molar-refractivity contribution in [3.8, 4) is 0 Å². The van der Waals surface area contributed by atoms with Crippen LogP contribution in [0.1, 0.15) is 12.5 Å². The van der Waals surface area contributed by atoms with Gasteiger partial charge in [0.25, 0.3) is 0 Å². The van der Waals surface area contributed by atoms with E-state index in [9.17, 15) is 9.59 Å². The predicted molar refractivity (Wildman–Crippen MR) is 52.2 cm³/mol. The van der Waals surface area contributed by atoms with Gasteiger partial charge in [-0.05, 0) is 18.6 Å². The topological polar surface area (TPSA) is 43.4 Å². The summed E-state index contributed by atoms with van der Waals surface area (Å²) in [7, 11) is 0. The van der Waals surface area contributed by atoms with E-state index in [1.807, 2.05) is 30.3 Å². The molecule has 0 saturated carbocycles. The third-order valence-electron chi connectivity index (χ3n) is 1.66. The van der Waals surface area contributed by atoms with Gasteiger partial charge in [0.1, 0.15) is 0 Å². The molecule has 0 spiro atoms. The van der Waals surface area contributed by atoms with E-state index in [-0.39, 0.29) is 6.47 Å². The molecule has 0 N–H and O–H groups in total. The lowest BCUT2D eigenvalue weighted by Crippen LogP contribution is -2.03. The molecule has 0 unspecified atom stereocenters. The van der Waals surface area contributed by atoms with Crippen LogP contribution in [0.3, 0.4) is 0 Å². The lowest BCUT2D eigenvalue weighted by molar-refractivity contribution is -0.148. The zero-order valence-electron chi connectivity index (χ0n) is 7.77. The first-order valence-corrected chi connectivity index (χ1v) is 4.12. The van der Waals surface area contributed by atoms with Crippen LogP contribution in [0.2, 0.25) is 0 Å². The Morgan fingerprint density at radius 2 is 1.93 bits per heavy atom. The molecule has 0 fully saturated rings. The van der Waals surface area contributed by atoms with Crippen LogP contribution in [0.5, 0.6) is 0 Å². The Kier molecular flexibility index (Phi) is 3.61. The van der Waals surface area contributed by atoms with E-state index < -0.39 is 5.97 Å². The monoisotopic (exact) mass is 190 g/mol. The molecular formula is C11H10O3. The Balaban J connectivity index is 2.78. The van der Waals surface area contributed by atoms with Gasteiger partial charge in [0.05, 0.1) is 0 Å². The smallest absolute Gasteiger partial charge is 0.341 e. The van der Waals surface area contributed by atoms with E-state index in [0.29, 0.717) is 5.57 Å².